The summed E-state index contributed by atoms with van der Waals surface area (Å²) in [4.78, 5) is 11.8. The monoisotopic (exact) mass is 299 g/mol. The summed E-state index contributed by atoms with van der Waals surface area (Å²) in [6, 6.07) is 0. The van der Waals surface area contributed by atoms with Gasteiger partial charge in [-0.15, -0.1) is 0 Å². The topological polar surface area (TPSA) is 22.1 Å². The molecule has 2 heterocycles. The van der Waals surface area contributed by atoms with Crippen LogP contribution in [0.4, 0.5) is 0 Å². The van der Waals surface area contributed by atoms with Gasteiger partial charge in [0.25, 0.3) is 0 Å². The molecule has 0 spiro atoms. The van der Waals surface area contributed by atoms with Crippen LogP contribution < -0.4 is 3.58 Å². The van der Waals surface area contributed by atoms with Crippen LogP contribution in [0.2, 0.25) is 14.8 Å². The molecule has 0 radical (unpaired) electrons. The molecule has 0 bridgehead atoms. The molecule has 14 heavy (non-hydrogen) atoms. The summed E-state index contributed by atoms with van der Waals surface area (Å²) < 4.78 is 7.08. The number of fused-ring (bicyclic) bond motifs is 1. The summed E-state index contributed by atoms with van der Waals surface area (Å²) in [5, 5.41) is 0. The molecule has 0 N–H and O–H groups in total. The molecule has 0 aliphatic carbocycles. The Balaban J connectivity index is 2.63. The van der Waals surface area contributed by atoms with E-state index in [1.54, 1.807) is 3.58 Å². The Morgan fingerprint density at radius 1 is 1.29 bits per heavy atom. The number of aromatic nitrogens is 1. The van der Waals surface area contributed by atoms with E-state index in [1.165, 1.54) is 16.8 Å². The fourth-order valence-electron chi connectivity index (χ4n) is 2.24. The number of pyridine rings is 1. The van der Waals surface area contributed by atoms with E-state index in [-0.39, 0.29) is 0 Å². The van der Waals surface area contributed by atoms with Crippen molar-refractivity contribution in [2.24, 2.45) is 0 Å². The van der Waals surface area contributed by atoms with Crippen LogP contribution >= 0.6 is 0 Å². The Morgan fingerprint density at radius 2 is 2.00 bits per heavy atom. The molecule has 2 nitrogen and oxygen atoms in total. The van der Waals surface area contributed by atoms with Crippen molar-refractivity contribution in [2.45, 2.75) is 35.0 Å². The standard InChI is InChI=1S/C8H8NO.3CH3.Sn/c1-6-2-7-4-10-5-8(7)3-9-6;;;;/h3H,4-5H2,1H3;3*1H3;. The predicted molar refractivity (Wildman–Crippen MR) is 60.4 cm³/mol. The SMILES string of the molecule is Cc1ncc2c([c]1[Sn]([CH3])([CH3])[CH3])COC2. The molecular formula is C11H17NOSn. The summed E-state index contributed by atoms with van der Waals surface area (Å²) in [7, 11) is 0. The fraction of sp³-hybridized carbons (Fsp3) is 0.545. The van der Waals surface area contributed by atoms with Crippen molar-refractivity contribution in [1.29, 1.82) is 0 Å². The van der Waals surface area contributed by atoms with Crippen LogP contribution in [0.25, 0.3) is 0 Å². The van der Waals surface area contributed by atoms with Crippen molar-refractivity contribution in [3.05, 3.63) is 23.0 Å². The first-order valence-corrected chi connectivity index (χ1v) is 15.0. The second-order valence-electron chi connectivity index (χ2n) is 4.97. The van der Waals surface area contributed by atoms with Crippen molar-refractivity contribution >= 4 is 22.0 Å². The van der Waals surface area contributed by atoms with Crippen LogP contribution in [0.15, 0.2) is 6.20 Å². The Morgan fingerprint density at radius 3 is 2.64 bits per heavy atom. The zero-order chi connectivity index (χ0) is 10.3. The quantitative estimate of drug-likeness (QED) is 0.740. The number of rotatable bonds is 1. The van der Waals surface area contributed by atoms with Gasteiger partial charge in [-0.2, -0.15) is 0 Å². The number of aryl methyl sites for hydroxylation is 1. The van der Waals surface area contributed by atoms with Gasteiger partial charge >= 0.3 is 89.7 Å². The third-order valence-electron chi connectivity index (χ3n) is 2.72. The van der Waals surface area contributed by atoms with Crippen LogP contribution in [-0.4, -0.2) is 23.4 Å². The van der Waals surface area contributed by atoms with E-state index in [0.717, 1.165) is 13.2 Å². The Hall–Kier alpha value is -0.0913. The van der Waals surface area contributed by atoms with E-state index in [2.05, 4.69) is 26.7 Å². The molecule has 0 saturated carbocycles. The average molecular weight is 298 g/mol. The average Bonchev–Trinajstić information content (AvgIpc) is 2.48. The molecule has 1 aromatic heterocycles. The molecule has 0 atom stereocenters. The number of ether oxygens (including phenoxy) is 1. The summed E-state index contributed by atoms with van der Waals surface area (Å²) in [6.45, 7) is 3.70. The van der Waals surface area contributed by atoms with Crippen molar-refractivity contribution in [2.75, 3.05) is 0 Å². The summed E-state index contributed by atoms with van der Waals surface area (Å²) in [5.41, 5.74) is 4.01. The van der Waals surface area contributed by atoms with E-state index in [1.807, 2.05) is 6.20 Å². The van der Waals surface area contributed by atoms with Gasteiger partial charge in [0.2, 0.25) is 0 Å². The van der Waals surface area contributed by atoms with Gasteiger partial charge in [0, 0.05) is 0 Å². The second-order valence-corrected chi connectivity index (χ2v) is 19.2. The summed E-state index contributed by atoms with van der Waals surface area (Å²) in [5.74, 6) is 0. The van der Waals surface area contributed by atoms with Gasteiger partial charge in [0.1, 0.15) is 0 Å². The van der Waals surface area contributed by atoms with E-state index in [9.17, 15) is 0 Å². The number of hydrogen-bond donors (Lipinski definition) is 0. The van der Waals surface area contributed by atoms with E-state index >= 15 is 0 Å². The van der Waals surface area contributed by atoms with Crippen LogP contribution in [0.5, 0.6) is 0 Å². The van der Waals surface area contributed by atoms with Crippen LogP contribution in [0.1, 0.15) is 16.8 Å². The second kappa shape index (κ2) is 3.49. The molecule has 0 aromatic carbocycles. The molecule has 0 fully saturated rings. The van der Waals surface area contributed by atoms with Gasteiger partial charge in [-0.1, -0.05) is 0 Å². The maximum atomic E-state index is 5.50. The van der Waals surface area contributed by atoms with Gasteiger partial charge in [-0.3, -0.25) is 0 Å². The zero-order valence-corrected chi connectivity index (χ0v) is 12.2. The molecule has 0 amide bonds. The van der Waals surface area contributed by atoms with Crippen LogP contribution in [0, 0.1) is 6.92 Å². The molecule has 0 saturated heterocycles. The maximum absolute atomic E-state index is 5.50. The first-order chi connectivity index (χ1) is 6.50. The molecule has 2 rings (SSSR count). The molecular weight excluding hydrogens is 281 g/mol. The van der Waals surface area contributed by atoms with Crippen LogP contribution in [-0.2, 0) is 18.0 Å². The number of hydrogen-bond acceptors (Lipinski definition) is 2. The first-order valence-electron chi connectivity index (χ1n) is 5.05. The van der Waals surface area contributed by atoms with E-state index in [0.29, 0.717) is 0 Å². The predicted octanol–water partition coefficient (Wildman–Crippen LogP) is 1.97. The molecule has 1 aliphatic rings. The van der Waals surface area contributed by atoms with Gasteiger partial charge < -0.3 is 0 Å². The van der Waals surface area contributed by atoms with Crippen molar-refractivity contribution in [3.63, 3.8) is 0 Å². The van der Waals surface area contributed by atoms with E-state index < -0.39 is 18.4 Å². The summed E-state index contributed by atoms with van der Waals surface area (Å²) >= 11 is -2.01. The number of nitrogens with zero attached hydrogens (tertiary/aromatic N) is 1. The fourth-order valence-corrected chi connectivity index (χ4v) is 8.77. The molecule has 76 valence electrons. The third-order valence-corrected chi connectivity index (χ3v) is 8.89. The van der Waals surface area contributed by atoms with Crippen molar-refractivity contribution in [3.8, 4) is 0 Å². The van der Waals surface area contributed by atoms with Gasteiger partial charge in [0.15, 0.2) is 0 Å². The van der Waals surface area contributed by atoms with Gasteiger partial charge in [-0.05, 0) is 0 Å². The van der Waals surface area contributed by atoms with Crippen molar-refractivity contribution in [1.82, 2.24) is 4.98 Å². The minimum atomic E-state index is -2.01. The van der Waals surface area contributed by atoms with Crippen molar-refractivity contribution < 1.29 is 4.74 Å². The summed E-state index contributed by atoms with van der Waals surface area (Å²) in [6.07, 6.45) is 1.98. The van der Waals surface area contributed by atoms with Gasteiger partial charge in [-0.25, -0.2) is 0 Å². The molecule has 0 unspecified atom stereocenters. The Kier molecular flexibility index (Phi) is 2.60. The molecule has 1 aliphatic heterocycles. The Labute approximate surface area is 89.6 Å². The Bertz CT molecular complexity index is 368. The van der Waals surface area contributed by atoms with Gasteiger partial charge in [0.05, 0.1) is 0 Å². The van der Waals surface area contributed by atoms with E-state index in [4.69, 9.17) is 4.74 Å². The minimum absolute atomic E-state index is 0.761. The molecule has 1 aromatic rings. The van der Waals surface area contributed by atoms with Crippen LogP contribution in [0.3, 0.4) is 0 Å². The molecule has 3 heteroatoms. The third kappa shape index (κ3) is 1.70. The zero-order valence-electron chi connectivity index (χ0n) is 9.35. The normalized spacial score (nSPS) is 15.7. The first kappa shape index (κ1) is 10.4.